The number of halogens is 1. The molecule has 0 bridgehead atoms. The summed E-state index contributed by atoms with van der Waals surface area (Å²) in [5, 5.41) is 9.81. The van der Waals surface area contributed by atoms with Crippen molar-refractivity contribution in [2.24, 2.45) is 5.90 Å². The van der Waals surface area contributed by atoms with Gasteiger partial charge >= 0.3 is 0 Å². The number of hydrogen-bond acceptors (Lipinski definition) is 4. The van der Waals surface area contributed by atoms with Crippen molar-refractivity contribution in [1.82, 2.24) is 0 Å². The van der Waals surface area contributed by atoms with Crippen molar-refractivity contribution in [2.75, 3.05) is 13.2 Å². The third kappa shape index (κ3) is 3.93. The van der Waals surface area contributed by atoms with Gasteiger partial charge in [-0.25, -0.2) is 5.90 Å². The number of nitrogens with two attached hydrogens (primary N) is 1. The fraction of sp³-hybridized carbons (Fsp3) is 0.333. The second kappa shape index (κ2) is 5.82. The summed E-state index contributed by atoms with van der Waals surface area (Å²) in [5.74, 6) is 5.39. The van der Waals surface area contributed by atoms with Crippen molar-refractivity contribution >= 4 is 11.6 Å². The normalized spacial score (nSPS) is 12.5. The average molecular weight is 218 g/mol. The van der Waals surface area contributed by atoms with Crippen molar-refractivity contribution in [3.63, 3.8) is 0 Å². The predicted molar refractivity (Wildman–Crippen MR) is 53.1 cm³/mol. The van der Waals surface area contributed by atoms with Crippen LogP contribution in [0.15, 0.2) is 24.3 Å². The first-order valence-corrected chi connectivity index (χ1v) is 4.48. The lowest BCUT2D eigenvalue weighted by Crippen LogP contribution is -2.25. The van der Waals surface area contributed by atoms with Gasteiger partial charge in [-0.1, -0.05) is 17.7 Å². The number of hydrogen-bond donors (Lipinski definition) is 2. The van der Waals surface area contributed by atoms with E-state index in [0.717, 1.165) is 0 Å². The van der Waals surface area contributed by atoms with E-state index in [-0.39, 0.29) is 13.2 Å². The number of benzene rings is 1. The third-order valence-corrected chi connectivity index (χ3v) is 1.76. The van der Waals surface area contributed by atoms with Gasteiger partial charge in [-0.3, -0.25) is 0 Å². The molecule has 14 heavy (non-hydrogen) atoms. The highest BCUT2D eigenvalue weighted by molar-refractivity contribution is 6.30. The first kappa shape index (κ1) is 11.3. The fourth-order valence-corrected chi connectivity index (χ4v) is 1.09. The number of rotatable bonds is 5. The Kier molecular flexibility index (Phi) is 4.69. The van der Waals surface area contributed by atoms with E-state index in [4.69, 9.17) is 22.2 Å². The van der Waals surface area contributed by atoms with E-state index >= 15 is 0 Å². The molecule has 0 saturated carbocycles. The van der Waals surface area contributed by atoms with Crippen LogP contribution in [0.2, 0.25) is 5.02 Å². The minimum Gasteiger partial charge on any atom is -0.491 e. The van der Waals surface area contributed by atoms with Gasteiger partial charge in [0.25, 0.3) is 0 Å². The maximum absolute atomic E-state index is 9.22. The maximum Gasteiger partial charge on any atom is 0.120 e. The molecular formula is C9H12ClNO3. The molecule has 0 saturated heterocycles. The zero-order valence-corrected chi connectivity index (χ0v) is 8.28. The average Bonchev–Trinajstić information content (AvgIpc) is 2.15. The van der Waals surface area contributed by atoms with Crippen LogP contribution >= 0.6 is 11.6 Å². The molecule has 0 aromatic heterocycles. The van der Waals surface area contributed by atoms with Crippen LogP contribution in [0.25, 0.3) is 0 Å². The summed E-state index contributed by atoms with van der Waals surface area (Å²) in [5.41, 5.74) is 0. The van der Waals surface area contributed by atoms with Gasteiger partial charge in [-0.15, -0.1) is 0 Å². The monoisotopic (exact) mass is 217 g/mol. The minimum atomic E-state index is -0.737. The largest absolute Gasteiger partial charge is 0.491 e. The first-order chi connectivity index (χ1) is 6.72. The van der Waals surface area contributed by atoms with E-state index in [1.54, 1.807) is 24.3 Å². The van der Waals surface area contributed by atoms with Gasteiger partial charge in [0, 0.05) is 5.02 Å². The molecule has 1 atom stereocenters. The van der Waals surface area contributed by atoms with Gasteiger partial charge < -0.3 is 14.7 Å². The summed E-state index contributed by atoms with van der Waals surface area (Å²) in [6, 6.07) is 6.93. The fourth-order valence-electron chi connectivity index (χ4n) is 0.908. The molecule has 1 unspecified atom stereocenters. The van der Waals surface area contributed by atoms with Crippen LogP contribution in [0, 0.1) is 0 Å². The van der Waals surface area contributed by atoms with E-state index in [9.17, 15) is 5.11 Å². The van der Waals surface area contributed by atoms with Crippen LogP contribution in [-0.2, 0) is 4.84 Å². The Morgan fingerprint density at radius 2 is 2.21 bits per heavy atom. The molecule has 1 rings (SSSR count). The molecule has 5 heteroatoms. The molecule has 0 aliphatic heterocycles. The van der Waals surface area contributed by atoms with Crippen molar-refractivity contribution in [2.45, 2.75) is 6.10 Å². The van der Waals surface area contributed by atoms with Crippen molar-refractivity contribution in [1.29, 1.82) is 0 Å². The Morgan fingerprint density at radius 1 is 1.43 bits per heavy atom. The quantitative estimate of drug-likeness (QED) is 0.722. The van der Waals surface area contributed by atoms with E-state index < -0.39 is 6.10 Å². The molecule has 0 aliphatic carbocycles. The van der Waals surface area contributed by atoms with Gasteiger partial charge in [-0.2, -0.15) is 0 Å². The second-order valence-electron chi connectivity index (χ2n) is 2.76. The molecule has 4 nitrogen and oxygen atoms in total. The zero-order chi connectivity index (χ0) is 10.4. The molecule has 0 spiro atoms. The Morgan fingerprint density at radius 3 is 2.86 bits per heavy atom. The highest BCUT2D eigenvalue weighted by Crippen LogP contribution is 2.17. The number of ether oxygens (including phenoxy) is 1. The summed E-state index contributed by atoms with van der Waals surface area (Å²) < 4.78 is 5.23. The van der Waals surface area contributed by atoms with Crippen LogP contribution in [0.5, 0.6) is 5.75 Å². The Balaban J connectivity index is 2.37. The highest BCUT2D eigenvalue weighted by Gasteiger charge is 2.04. The van der Waals surface area contributed by atoms with Gasteiger partial charge in [0.15, 0.2) is 0 Å². The molecule has 3 N–H and O–H groups in total. The van der Waals surface area contributed by atoms with Crippen LogP contribution in [0.1, 0.15) is 0 Å². The first-order valence-electron chi connectivity index (χ1n) is 4.10. The molecule has 1 aromatic rings. The maximum atomic E-state index is 9.22. The van der Waals surface area contributed by atoms with E-state index in [2.05, 4.69) is 4.84 Å². The summed E-state index contributed by atoms with van der Waals surface area (Å²) in [6.07, 6.45) is -0.737. The van der Waals surface area contributed by atoms with Gasteiger partial charge in [-0.05, 0) is 18.2 Å². The lowest BCUT2D eigenvalue weighted by molar-refractivity contribution is 0.0116. The molecule has 78 valence electrons. The predicted octanol–water partition coefficient (Wildman–Crippen LogP) is 0.970. The Bertz CT molecular complexity index is 283. The number of aliphatic hydroxyl groups excluding tert-OH is 1. The standard InChI is InChI=1S/C9H12ClNO3/c10-7-2-1-3-9(4-7)13-5-8(12)6-14-11/h1-4,8,12H,5-6,11H2. The minimum absolute atomic E-state index is 0.0422. The van der Waals surface area contributed by atoms with E-state index in [1.165, 1.54) is 0 Å². The van der Waals surface area contributed by atoms with E-state index in [0.29, 0.717) is 10.8 Å². The highest BCUT2D eigenvalue weighted by atomic mass is 35.5. The van der Waals surface area contributed by atoms with Crippen LogP contribution < -0.4 is 10.6 Å². The van der Waals surface area contributed by atoms with Gasteiger partial charge in [0.2, 0.25) is 0 Å². The molecule has 0 aliphatic rings. The molecule has 1 aromatic carbocycles. The van der Waals surface area contributed by atoms with Crippen molar-refractivity contribution in [3.8, 4) is 5.75 Å². The molecule has 0 heterocycles. The zero-order valence-electron chi connectivity index (χ0n) is 7.52. The topological polar surface area (TPSA) is 64.7 Å². The summed E-state index contributed by atoms with van der Waals surface area (Å²) in [4.78, 5) is 4.26. The Hall–Kier alpha value is -0.810. The lowest BCUT2D eigenvalue weighted by Gasteiger charge is -2.10. The van der Waals surface area contributed by atoms with Crippen molar-refractivity contribution in [3.05, 3.63) is 29.3 Å². The number of aliphatic hydroxyl groups is 1. The molecule has 0 radical (unpaired) electrons. The summed E-state index contributed by atoms with van der Waals surface area (Å²) in [7, 11) is 0. The summed E-state index contributed by atoms with van der Waals surface area (Å²) >= 11 is 5.73. The van der Waals surface area contributed by atoms with Crippen molar-refractivity contribution < 1.29 is 14.7 Å². The van der Waals surface area contributed by atoms with E-state index in [1.807, 2.05) is 0 Å². The van der Waals surface area contributed by atoms with Gasteiger partial charge in [0.1, 0.15) is 18.5 Å². The van der Waals surface area contributed by atoms with Gasteiger partial charge in [0.05, 0.1) is 6.61 Å². The summed E-state index contributed by atoms with van der Waals surface area (Å²) in [6.45, 7) is 0.165. The lowest BCUT2D eigenvalue weighted by atomic mass is 10.3. The van der Waals surface area contributed by atoms with Crippen LogP contribution in [-0.4, -0.2) is 24.4 Å². The second-order valence-corrected chi connectivity index (χ2v) is 3.19. The van der Waals surface area contributed by atoms with Crippen LogP contribution in [0.4, 0.5) is 0 Å². The van der Waals surface area contributed by atoms with Crippen LogP contribution in [0.3, 0.4) is 0 Å². The SMILES string of the molecule is NOCC(O)COc1cccc(Cl)c1. The molecular weight excluding hydrogens is 206 g/mol. The molecule has 0 fully saturated rings. The molecule has 0 amide bonds. The third-order valence-electron chi connectivity index (χ3n) is 1.53. The smallest absolute Gasteiger partial charge is 0.120 e. The Labute approximate surface area is 87.1 Å².